The molecule has 0 radical (unpaired) electrons. The third-order valence-corrected chi connectivity index (χ3v) is 5.72. The monoisotopic (exact) mass is 362 g/mol. The Labute approximate surface area is 156 Å². The largest absolute Gasteiger partial charge is 0.349 e. The Morgan fingerprint density at radius 2 is 1.68 bits per heavy atom. The maximum absolute atomic E-state index is 12.4. The number of hydrogen-bond acceptors (Lipinski definition) is 3. The van der Waals surface area contributed by atoms with Crippen LogP contribution in [0.2, 0.25) is 0 Å². The summed E-state index contributed by atoms with van der Waals surface area (Å²) in [6, 6.07) is 8.48. The highest BCUT2D eigenvalue weighted by Crippen LogP contribution is 2.26. The maximum atomic E-state index is 12.4. The van der Waals surface area contributed by atoms with Crippen LogP contribution in [0.4, 0.5) is 0 Å². The van der Waals surface area contributed by atoms with Gasteiger partial charge in [-0.3, -0.25) is 9.59 Å². The summed E-state index contributed by atoms with van der Waals surface area (Å²) < 4.78 is 0. The molecule has 1 saturated heterocycles. The topological polar surface area (TPSA) is 40.6 Å². The van der Waals surface area contributed by atoms with Gasteiger partial charge in [0.15, 0.2) is 0 Å². The molecule has 25 heavy (non-hydrogen) atoms. The molecular formula is C20H30N2O2S. The standard InChI is InChI=1S/C20H30N2O2S/c1-20(2,3)16-6-8-17(9-7-16)25-14-18(23)22-12-10-15(11-13-22)19(24)21(4)5/h6-9,15H,10-14H2,1-5H3. The van der Waals surface area contributed by atoms with E-state index in [1.54, 1.807) is 30.8 Å². The molecular weight excluding hydrogens is 332 g/mol. The number of benzene rings is 1. The van der Waals surface area contributed by atoms with Crippen LogP contribution in [0.5, 0.6) is 0 Å². The van der Waals surface area contributed by atoms with Crippen LogP contribution < -0.4 is 0 Å². The van der Waals surface area contributed by atoms with Crippen LogP contribution in [0.3, 0.4) is 0 Å². The van der Waals surface area contributed by atoms with Gasteiger partial charge < -0.3 is 9.80 Å². The molecule has 5 heteroatoms. The van der Waals surface area contributed by atoms with E-state index >= 15 is 0 Å². The summed E-state index contributed by atoms with van der Waals surface area (Å²) in [5.41, 5.74) is 1.45. The minimum absolute atomic E-state index is 0.0663. The van der Waals surface area contributed by atoms with Gasteiger partial charge in [-0.2, -0.15) is 0 Å². The summed E-state index contributed by atoms with van der Waals surface area (Å²) >= 11 is 1.59. The first-order chi connectivity index (χ1) is 11.7. The van der Waals surface area contributed by atoms with E-state index in [0.29, 0.717) is 18.8 Å². The smallest absolute Gasteiger partial charge is 0.232 e. The van der Waals surface area contributed by atoms with Crippen molar-refractivity contribution in [3.8, 4) is 0 Å². The van der Waals surface area contributed by atoms with Crippen LogP contribution in [-0.2, 0) is 15.0 Å². The van der Waals surface area contributed by atoms with Crippen molar-refractivity contribution < 1.29 is 9.59 Å². The summed E-state index contributed by atoms with van der Waals surface area (Å²) in [5.74, 6) is 0.874. The molecule has 1 heterocycles. The van der Waals surface area contributed by atoms with Crippen LogP contribution in [0.15, 0.2) is 29.2 Å². The van der Waals surface area contributed by atoms with Gasteiger partial charge in [0.2, 0.25) is 11.8 Å². The van der Waals surface area contributed by atoms with Crippen molar-refractivity contribution in [2.75, 3.05) is 32.9 Å². The second-order valence-electron chi connectivity index (χ2n) is 7.95. The molecule has 0 unspecified atom stereocenters. The van der Waals surface area contributed by atoms with Crippen LogP contribution in [0.25, 0.3) is 0 Å². The van der Waals surface area contributed by atoms with Crippen molar-refractivity contribution in [2.45, 2.75) is 43.9 Å². The maximum Gasteiger partial charge on any atom is 0.232 e. The van der Waals surface area contributed by atoms with Crippen molar-refractivity contribution in [1.29, 1.82) is 0 Å². The Morgan fingerprint density at radius 3 is 2.16 bits per heavy atom. The van der Waals surface area contributed by atoms with E-state index in [9.17, 15) is 9.59 Å². The van der Waals surface area contributed by atoms with Crippen molar-refractivity contribution in [3.05, 3.63) is 29.8 Å². The summed E-state index contributed by atoms with van der Waals surface area (Å²) in [6.45, 7) is 7.97. The Morgan fingerprint density at radius 1 is 1.12 bits per heavy atom. The third kappa shape index (κ3) is 5.50. The molecule has 1 fully saturated rings. The van der Waals surface area contributed by atoms with Gasteiger partial charge in [0.25, 0.3) is 0 Å². The first-order valence-electron chi connectivity index (χ1n) is 8.91. The van der Waals surface area contributed by atoms with Gasteiger partial charge in [0.05, 0.1) is 5.75 Å². The highest BCUT2D eigenvalue weighted by molar-refractivity contribution is 8.00. The Kier molecular flexibility index (Phi) is 6.55. The molecule has 0 bridgehead atoms. The molecule has 1 aromatic rings. The molecule has 0 aliphatic carbocycles. The summed E-state index contributed by atoms with van der Waals surface area (Å²) in [6.07, 6.45) is 1.54. The second kappa shape index (κ2) is 8.26. The fraction of sp³-hybridized carbons (Fsp3) is 0.600. The number of carbonyl (C=O) groups excluding carboxylic acids is 2. The predicted molar refractivity (Wildman–Crippen MR) is 104 cm³/mol. The fourth-order valence-electron chi connectivity index (χ4n) is 3.03. The number of nitrogens with zero attached hydrogens (tertiary/aromatic N) is 2. The molecule has 4 nitrogen and oxygen atoms in total. The fourth-order valence-corrected chi connectivity index (χ4v) is 3.83. The average molecular weight is 363 g/mol. The van der Waals surface area contributed by atoms with Crippen LogP contribution >= 0.6 is 11.8 Å². The molecule has 1 aliphatic rings. The molecule has 1 aliphatic heterocycles. The lowest BCUT2D eigenvalue weighted by Crippen LogP contribution is -2.43. The van der Waals surface area contributed by atoms with Gasteiger partial charge in [-0.25, -0.2) is 0 Å². The van der Waals surface area contributed by atoms with Gasteiger partial charge in [0.1, 0.15) is 0 Å². The molecule has 0 spiro atoms. The zero-order valence-electron chi connectivity index (χ0n) is 16.0. The minimum Gasteiger partial charge on any atom is -0.349 e. The van der Waals surface area contributed by atoms with Gasteiger partial charge in [-0.15, -0.1) is 11.8 Å². The van der Waals surface area contributed by atoms with E-state index in [0.717, 1.165) is 17.7 Å². The quantitative estimate of drug-likeness (QED) is 0.771. The summed E-state index contributed by atoms with van der Waals surface area (Å²) in [5, 5.41) is 0. The molecule has 0 saturated carbocycles. The molecule has 0 atom stereocenters. The number of thioether (sulfide) groups is 1. The van der Waals surface area contributed by atoms with Gasteiger partial charge in [0, 0.05) is 38.0 Å². The van der Waals surface area contributed by atoms with Crippen molar-refractivity contribution >= 4 is 23.6 Å². The molecule has 138 valence electrons. The Hall–Kier alpha value is -1.49. The highest BCUT2D eigenvalue weighted by atomic mass is 32.2. The molecule has 1 aromatic carbocycles. The lowest BCUT2D eigenvalue weighted by atomic mass is 9.87. The van der Waals surface area contributed by atoms with Gasteiger partial charge in [-0.1, -0.05) is 32.9 Å². The zero-order valence-corrected chi connectivity index (χ0v) is 16.9. The van der Waals surface area contributed by atoms with E-state index in [4.69, 9.17) is 0 Å². The Bertz CT molecular complexity index is 597. The van der Waals surface area contributed by atoms with Gasteiger partial charge >= 0.3 is 0 Å². The van der Waals surface area contributed by atoms with E-state index in [1.807, 2.05) is 4.90 Å². The van der Waals surface area contributed by atoms with Crippen LogP contribution in [0, 0.1) is 5.92 Å². The molecule has 2 amide bonds. The number of amides is 2. The van der Waals surface area contributed by atoms with Crippen molar-refractivity contribution in [3.63, 3.8) is 0 Å². The lowest BCUT2D eigenvalue weighted by Gasteiger charge is -2.32. The molecule has 2 rings (SSSR count). The van der Waals surface area contributed by atoms with Gasteiger partial charge in [-0.05, 0) is 36.0 Å². The van der Waals surface area contributed by atoms with Crippen molar-refractivity contribution in [2.24, 2.45) is 5.92 Å². The van der Waals surface area contributed by atoms with Crippen molar-refractivity contribution in [1.82, 2.24) is 9.80 Å². The second-order valence-corrected chi connectivity index (χ2v) is 9.00. The molecule has 0 N–H and O–H groups in total. The van der Waals surface area contributed by atoms with Crippen LogP contribution in [0.1, 0.15) is 39.2 Å². The van der Waals surface area contributed by atoms with E-state index in [2.05, 4.69) is 45.0 Å². The normalized spacial score (nSPS) is 16.0. The van der Waals surface area contributed by atoms with Crippen LogP contribution in [-0.4, -0.2) is 54.6 Å². The highest BCUT2D eigenvalue weighted by Gasteiger charge is 2.28. The SMILES string of the molecule is CN(C)C(=O)C1CCN(C(=O)CSc2ccc(C(C)(C)C)cc2)CC1. The first-order valence-corrected chi connectivity index (χ1v) is 9.89. The number of likely N-dealkylation sites (tertiary alicyclic amines) is 1. The number of rotatable bonds is 4. The lowest BCUT2D eigenvalue weighted by molar-refractivity contribution is -0.138. The minimum atomic E-state index is 0.0663. The number of piperidine rings is 1. The number of hydrogen-bond donors (Lipinski definition) is 0. The summed E-state index contributed by atoms with van der Waals surface area (Å²) in [4.78, 5) is 29.1. The van der Waals surface area contributed by atoms with E-state index in [-0.39, 0.29) is 23.1 Å². The average Bonchev–Trinajstić information content (AvgIpc) is 2.58. The van der Waals surface area contributed by atoms with E-state index in [1.165, 1.54) is 5.56 Å². The van der Waals surface area contributed by atoms with E-state index < -0.39 is 0 Å². The first kappa shape index (κ1) is 19.8. The molecule has 0 aromatic heterocycles. The predicted octanol–water partition coefficient (Wildman–Crippen LogP) is 3.40. The third-order valence-electron chi connectivity index (χ3n) is 4.72. The zero-order chi connectivity index (χ0) is 18.6. The number of carbonyl (C=O) groups is 2. The summed E-state index contributed by atoms with van der Waals surface area (Å²) in [7, 11) is 3.59. The Balaban J connectivity index is 1.80.